The number of hydrogen-bond acceptors (Lipinski definition) is 1. The van der Waals surface area contributed by atoms with Gasteiger partial charge in [-0.05, 0) is 25.2 Å². The second kappa shape index (κ2) is 5.63. The number of alkyl halides is 5. The third-order valence-electron chi connectivity index (χ3n) is 3.79. The predicted octanol–water partition coefficient (Wildman–Crippen LogP) is 3.52. The van der Waals surface area contributed by atoms with E-state index in [1.807, 2.05) is 0 Å². The average molecular weight is 287 g/mol. The largest absolute Gasteiger partial charge is 0.453 e. The molecule has 3 atom stereocenters. The van der Waals surface area contributed by atoms with Gasteiger partial charge < -0.3 is 5.32 Å². The van der Waals surface area contributed by atoms with Gasteiger partial charge in [-0.15, -0.1) is 0 Å². The zero-order valence-electron chi connectivity index (χ0n) is 10.9. The first-order chi connectivity index (χ1) is 8.59. The minimum absolute atomic E-state index is 0.161. The van der Waals surface area contributed by atoms with Gasteiger partial charge in [0, 0.05) is 18.9 Å². The van der Waals surface area contributed by atoms with E-state index in [9.17, 15) is 26.7 Å². The zero-order valence-corrected chi connectivity index (χ0v) is 10.9. The lowest BCUT2D eigenvalue weighted by Crippen LogP contribution is -2.50. The summed E-state index contributed by atoms with van der Waals surface area (Å²) in [5, 5.41) is 2.63. The highest BCUT2D eigenvalue weighted by atomic mass is 19.4. The van der Waals surface area contributed by atoms with Gasteiger partial charge >= 0.3 is 12.1 Å². The van der Waals surface area contributed by atoms with Gasteiger partial charge in [0.1, 0.15) is 0 Å². The number of carbonyl (C=O) groups is 1. The summed E-state index contributed by atoms with van der Waals surface area (Å²) in [6.07, 6.45) is -5.32. The van der Waals surface area contributed by atoms with Gasteiger partial charge in [0.15, 0.2) is 0 Å². The van der Waals surface area contributed by atoms with Crippen LogP contribution in [-0.2, 0) is 4.79 Å². The van der Waals surface area contributed by atoms with E-state index < -0.39 is 18.0 Å². The van der Waals surface area contributed by atoms with Gasteiger partial charge in [0.25, 0.3) is 0 Å². The van der Waals surface area contributed by atoms with Crippen LogP contribution in [-0.4, -0.2) is 24.0 Å². The van der Waals surface area contributed by atoms with Crippen molar-refractivity contribution in [1.82, 2.24) is 5.32 Å². The molecule has 0 bridgehead atoms. The molecule has 1 N–H and O–H groups in total. The highest BCUT2D eigenvalue weighted by Crippen LogP contribution is 2.48. The summed E-state index contributed by atoms with van der Waals surface area (Å²) in [4.78, 5) is 11.0. The standard InChI is InChI=1S/C12H18F5NO/c1-3-8-6-9(11(13,14)12(15,16)17)4-5-10(8)18-7(2)19/h8-10H,3-6H2,1-2H3,(H,18,19). The Labute approximate surface area is 108 Å². The second-order valence-corrected chi connectivity index (χ2v) is 5.11. The Kier molecular flexibility index (Phi) is 4.79. The summed E-state index contributed by atoms with van der Waals surface area (Å²) in [6.45, 7) is 3.04. The number of nitrogens with one attached hydrogen (secondary N) is 1. The summed E-state index contributed by atoms with van der Waals surface area (Å²) in [7, 11) is 0. The molecule has 112 valence electrons. The van der Waals surface area contributed by atoms with E-state index in [0.717, 1.165) is 0 Å². The first-order valence-corrected chi connectivity index (χ1v) is 6.31. The zero-order chi connectivity index (χ0) is 14.8. The fourth-order valence-electron chi connectivity index (χ4n) is 2.73. The van der Waals surface area contributed by atoms with Gasteiger partial charge in [-0.25, -0.2) is 0 Å². The van der Waals surface area contributed by atoms with Crippen LogP contribution in [0.1, 0.15) is 39.5 Å². The summed E-state index contributed by atoms with van der Waals surface area (Å²) in [6, 6.07) is -0.303. The quantitative estimate of drug-likeness (QED) is 0.791. The van der Waals surface area contributed by atoms with Gasteiger partial charge in [0.2, 0.25) is 5.91 Å². The highest BCUT2D eigenvalue weighted by molar-refractivity contribution is 5.73. The van der Waals surface area contributed by atoms with E-state index in [1.165, 1.54) is 6.92 Å². The number of carbonyl (C=O) groups excluding carboxylic acids is 1. The van der Waals surface area contributed by atoms with Crippen LogP contribution in [0.4, 0.5) is 22.0 Å². The molecular formula is C12H18F5NO. The van der Waals surface area contributed by atoms with Crippen molar-refractivity contribution in [3.8, 4) is 0 Å². The Bertz CT molecular complexity index is 329. The van der Waals surface area contributed by atoms with E-state index in [4.69, 9.17) is 0 Å². The molecule has 0 heterocycles. The SMILES string of the molecule is CCC1CC(C(F)(F)C(F)(F)F)CCC1NC(C)=O. The minimum atomic E-state index is -5.50. The number of hydrogen-bond donors (Lipinski definition) is 1. The van der Waals surface area contributed by atoms with Crippen LogP contribution in [0.25, 0.3) is 0 Å². The Morgan fingerprint density at radius 3 is 2.21 bits per heavy atom. The molecule has 1 rings (SSSR count). The maximum absolute atomic E-state index is 13.3. The summed E-state index contributed by atoms with van der Waals surface area (Å²) in [5.41, 5.74) is 0. The molecule has 1 amide bonds. The fourth-order valence-corrected chi connectivity index (χ4v) is 2.73. The van der Waals surface area contributed by atoms with Gasteiger partial charge in [-0.3, -0.25) is 4.79 Å². The second-order valence-electron chi connectivity index (χ2n) is 5.11. The summed E-state index contributed by atoms with van der Waals surface area (Å²) >= 11 is 0. The normalized spacial score (nSPS) is 29.1. The predicted molar refractivity (Wildman–Crippen MR) is 59.7 cm³/mol. The van der Waals surface area contributed by atoms with Crippen molar-refractivity contribution in [1.29, 1.82) is 0 Å². The van der Waals surface area contributed by atoms with Crippen molar-refractivity contribution in [2.75, 3.05) is 0 Å². The monoisotopic (exact) mass is 287 g/mol. The number of rotatable bonds is 3. The average Bonchev–Trinajstić information content (AvgIpc) is 2.27. The maximum atomic E-state index is 13.3. The Morgan fingerprint density at radius 1 is 1.21 bits per heavy atom. The lowest BCUT2D eigenvalue weighted by Gasteiger charge is -2.39. The molecule has 0 radical (unpaired) electrons. The van der Waals surface area contributed by atoms with Crippen molar-refractivity contribution in [3.05, 3.63) is 0 Å². The topological polar surface area (TPSA) is 29.1 Å². The molecule has 1 saturated carbocycles. The number of halogens is 5. The molecule has 7 heteroatoms. The van der Waals surface area contributed by atoms with Crippen LogP contribution >= 0.6 is 0 Å². The number of amides is 1. The molecule has 0 aromatic heterocycles. The van der Waals surface area contributed by atoms with E-state index in [0.29, 0.717) is 6.42 Å². The molecule has 1 aliphatic rings. The molecule has 1 fully saturated rings. The van der Waals surface area contributed by atoms with E-state index >= 15 is 0 Å². The third kappa shape index (κ3) is 3.57. The van der Waals surface area contributed by atoms with Crippen molar-refractivity contribution >= 4 is 5.91 Å². The van der Waals surface area contributed by atoms with Crippen LogP contribution < -0.4 is 5.32 Å². The minimum Gasteiger partial charge on any atom is -0.353 e. The van der Waals surface area contributed by atoms with E-state index in [2.05, 4.69) is 5.32 Å². The molecule has 0 aromatic rings. The molecule has 2 nitrogen and oxygen atoms in total. The van der Waals surface area contributed by atoms with Crippen LogP contribution in [0.15, 0.2) is 0 Å². The maximum Gasteiger partial charge on any atom is 0.453 e. The molecule has 3 unspecified atom stereocenters. The van der Waals surface area contributed by atoms with Crippen LogP contribution in [0.5, 0.6) is 0 Å². The first kappa shape index (κ1) is 16.2. The highest BCUT2D eigenvalue weighted by Gasteiger charge is 2.62. The molecule has 19 heavy (non-hydrogen) atoms. The lowest BCUT2D eigenvalue weighted by atomic mass is 9.74. The van der Waals surface area contributed by atoms with Gasteiger partial charge in [0.05, 0.1) is 0 Å². The molecule has 0 aromatic carbocycles. The van der Waals surface area contributed by atoms with Crippen molar-refractivity contribution < 1.29 is 26.7 Å². The van der Waals surface area contributed by atoms with Gasteiger partial charge in [-0.2, -0.15) is 22.0 Å². The smallest absolute Gasteiger partial charge is 0.353 e. The summed E-state index contributed by atoms with van der Waals surface area (Å²) in [5.74, 6) is -6.97. The Morgan fingerprint density at radius 2 is 1.79 bits per heavy atom. The summed E-state index contributed by atoms with van der Waals surface area (Å²) < 4.78 is 63.6. The Balaban J connectivity index is 2.77. The van der Waals surface area contributed by atoms with E-state index in [1.54, 1.807) is 6.92 Å². The van der Waals surface area contributed by atoms with Crippen LogP contribution in [0.2, 0.25) is 0 Å². The van der Waals surface area contributed by atoms with E-state index in [-0.39, 0.29) is 37.1 Å². The molecule has 0 aliphatic heterocycles. The van der Waals surface area contributed by atoms with Crippen LogP contribution in [0.3, 0.4) is 0 Å². The Hall–Kier alpha value is -0.880. The first-order valence-electron chi connectivity index (χ1n) is 6.31. The van der Waals surface area contributed by atoms with Crippen molar-refractivity contribution in [2.24, 2.45) is 11.8 Å². The lowest BCUT2D eigenvalue weighted by molar-refractivity contribution is -0.307. The molecular weight excluding hydrogens is 269 g/mol. The molecule has 1 aliphatic carbocycles. The van der Waals surface area contributed by atoms with Crippen molar-refractivity contribution in [3.63, 3.8) is 0 Å². The molecule has 0 saturated heterocycles. The van der Waals surface area contributed by atoms with Crippen LogP contribution in [0, 0.1) is 11.8 Å². The van der Waals surface area contributed by atoms with Crippen molar-refractivity contribution in [2.45, 2.75) is 57.7 Å². The molecule has 0 spiro atoms. The fraction of sp³-hybridized carbons (Fsp3) is 0.917. The van der Waals surface area contributed by atoms with Gasteiger partial charge in [-0.1, -0.05) is 13.3 Å². The third-order valence-corrected chi connectivity index (χ3v) is 3.79.